The van der Waals surface area contributed by atoms with E-state index in [-0.39, 0.29) is 57.1 Å². The summed E-state index contributed by atoms with van der Waals surface area (Å²) in [5.74, 6) is 1.56. The molecule has 0 radical (unpaired) electrons. The van der Waals surface area contributed by atoms with E-state index in [1.807, 2.05) is 13.8 Å². The van der Waals surface area contributed by atoms with Crippen molar-refractivity contribution in [1.82, 2.24) is 0 Å². The number of carbonyl (C=O) groups is 1. The summed E-state index contributed by atoms with van der Waals surface area (Å²) in [5.41, 5.74) is -0.478. The van der Waals surface area contributed by atoms with Crippen LogP contribution in [0.25, 0.3) is 0 Å². The van der Waals surface area contributed by atoms with Crippen molar-refractivity contribution in [1.29, 1.82) is 0 Å². The van der Waals surface area contributed by atoms with Crippen molar-refractivity contribution in [3.63, 3.8) is 0 Å². The second-order valence-electron chi connectivity index (χ2n) is 16.3. The van der Waals surface area contributed by atoms with Crippen molar-refractivity contribution in [3.8, 4) is 0 Å². The number of esters is 1. The molecule has 0 aromatic rings. The highest BCUT2D eigenvalue weighted by Crippen LogP contribution is 2.78. The first-order chi connectivity index (χ1) is 16.4. The van der Waals surface area contributed by atoms with Crippen molar-refractivity contribution in [2.24, 2.45) is 56.7 Å². The molecule has 0 aliphatic heterocycles. The smallest absolute Gasteiger partial charge is 0.302 e. The van der Waals surface area contributed by atoms with Crippen LogP contribution in [-0.2, 0) is 9.53 Å². The van der Waals surface area contributed by atoms with Crippen LogP contribution >= 0.6 is 0 Å². The van der Waals surface area contributed by atoms with Crippen LogP contribution in [0, 0.1) is 56.7 Å². The number of aliphatic hydroxyl groups excluding tert-OH is 1. The van der Waals surface area contributed by atoms with Crippen molar-refractivity contribution < 1.29 is 19.7 Å². The van der Waals surface area contributed by atoms with Gasteiger partial charge >= 0.3 is 5.97 Å². The van der Waals surface area contributed by atoms with Gasteiger partial charge in [-0.25, -0.2) is 0 Å². The molecule has 4 heteroatoms. The van der Waals surface area contributed by atoms with Gasteiger partial charge in [0, 0.05) is 12.8 Å². The van der Waals surface area contributed by atoms with E-state index < -0.39 is 5.60 Å². The zero-order valence-electron chi connectivity index (χ0n) is 24.6. The Labute approximate surface area is 220 Å². The van der Waals surface area contributed by atoms with E-state index in [2.05, 4.69) is 41.5 Å². The van der Waals surface area contributed by atoms with Crippen LogP contribution in [0.3, 0.4) is 0 Å². The van der Waals surface area contributed by atoms with E-state index in [0.29, 0.717) is 17.8 Å². The molecule has 0 aromatic carbocycles. The fourth-order valence-electron chi connectivity index (χ4n) is 12.7. The van der Waals surface area contributed by atoms with Gasteiger partial charge in [0.2, 0.25) is 0 Å². The van der Waals surface area contributed by atoms with Gasteiger partial charge in [-0.15, -0.1) is 0 Å². The minimum Gasteiger partial charge on any atom is -0.462 e. The third-order valence-electron chi connectivity index (χ3n) is 13.7. The van der Waals surface area contributed by atoms with Crippen molar-refractivity contribution >= 4 is 5.97 Å². The van der Waals surface area contributed by atoms with Gasteiger partial charge in [-0.05, 0) is 116 Å². The van der Waals surface area contributed by atoms with Crippen molar-refractivity contribution in [2.75, 3.05) is 0 Å². The zero-order valence-corrected chi connectivity index (χ0v) is 24.6. The Kier molecular flexibility index (Phi) is 5.97. The number of carbonyl (C=O) groups excluding carboxylic acids is 1. The van der Waals surface area contributed by atoms with E-state index in [4.69, 9.17) is 4.74 Å². The van der Waals surface area contributed by atoms with Crippen LogP contribution in [-0.4, -0.2) is 34.0 Å². The molecule has 5 fully saturated rings. The Morgan fingerprint density at radius 2 is 1.44 bits per heavy atom. The molecule has 206 valence electrons. The number of rotatable bonds is 2. The van der Waals surface area contributed by atoms with Gasteiger partial charge in [-0.2, -0.15) is 0 Å². The first kappa shape index (κ1) is 27.0. The summed E-state index contributed by atoms with van der Waals surface area (Å²) in [6.45, 7) is 20.2. The molecule has 5 rings (SSSR count). The average molecular weight is 503 g/mol. The molecule has 36 heavy (non-hydrogen) atoms. The summed E-state index contributed by atoms with van der Waals surface area (Å²) in [7, 11) is 0. The molecule has 0 bridgehead atoms. The molecule has 11 atom stereocenters. The maximum absolute atomic E-state index is 12.4. The first-order valence-electron chi connectivity index (χ1n) is 15.0. The Hall–Kier alpha value is -0.610. The van der Waals surface area contributed by atoms with E-state index in [9.17, 15) is 15.0 Å². The highest BCUT2D eigenvalue weighted by molar-refractivity contribution is 5.66. The Morgan fingerprint density at radius 3 is 2.03 bits per heavy atom. The molecule has 0 unspecified atom stereocenters. The standard InChI is InChI=1S/C32H54O4/c1-19(33)36-22-18-32(9)23(29(6)16-13-20(25(22)29)28(4,5)35)11-12-24-30(7)15-10-14-27(2,3)26(30)21(34)17-31(24,32)8/h20-26,34-35H,10-18H2,1-9H3/t20-,21-,22-,23+,24+,25+,26-,29+,30+,31+,32+/m0/s1. The summed E-state index contributed by atoms with van der Waals surface area (Å²) < 4.78 is 6.21. The number of hydrogen-bond acceptors (Lipinski definition) is 4. The lowest BCUT2D eigenvalue weighted by Gasteiger charge is -2.74. The normalized spacial score (nSPS) is 54.0. The van der Waals surface area contributed by atoms with Crippen LogP contribution in [0.1, 0.15) is 120 Å². The van der Waals surface area contributed by atoms with Crippen LogP contribution in [0.4, 0.5) is 0 Å². The Morgan fingerprint density at radius 1 is 0.861 bits per heavy atom. The fraction of sp³-hybridized carbons (Fsp3) is 0.969. The summed E-state index contributed by atoms with van der Waals surface area (Å²) in [6.07, 6.45) is 9.46. The first-order valence-corrected chi connectivity index (χ1v) is 15.0. The molecule has 0 aromatic heterocycles. The van der Waals surface area contributed by atoms with E-state index in [1.54, 1.807) is 6.92 Å². The average Bonchev–Trinajstić information content (AvgIpc) is 3.06. The van der Waals surface area contributed by atoms with Gasteiger partial charge in [0.1, 0.15) is 6.10 Å². The number of aliphatic hydroxyl groups is 2. The minimum atomic E-state index is -0.787. The molecular formula is C32H54O4. The van der Waals surface area contributed by atoms with E-state index in [1.165, 1.54) is 32.1 Å². The fourth-order valence-corrected chi connectivity index (χ4v) is 12.7. The summed E-state index contributed by atoms with van der Waals surface area (Å²) >= 11 is 0. The second-order valence-corrected chi connectivity index (χ2v) is 16.3. The predicted octanol–water partition coefficient (Wildman–Crippen LogP) is 6.76. The van der Waals surface area contributed by atoms with Crippen LogP contribution in [0.2, 0.25) is 0 Å². The van der Waals surface area contributed by atoms with Crippen LogP contribution in [0.5, 0.6) is 0 Å². The summed E-state index contributed by atoms with van der Waals surface area (Å²) in [5, 5.41) is 23.1. The lowest BCUT2D eigenvalue weighted by molar-refractivity contribution is -0.282. The lowest BCUT2D eigenvalue weighted by Crippen LogP contribution is -2.70. The maximum atomic E-state index is 12.4. The van der Waals surface area contributed by atoms with Gasteiger partial charge in [0.25, 0.3) is 0 Å². The Balaban J connectivity index is 1.61. The molecule has 4 nitrogen and oxygen atoms in total. The largest absolute Gasteiger partial charge is 0.462 e. The van der Waals surface area contributed by atoms with E-state index >= 15 is 0 Å². The molecule has 0 amide bonds. The van der Waals surface area contributed by atoms with Crippen LogP contribution in [0.15, 0.2) is 0 Å². The second kappa shape index (κ2) is 7.96. The van der Waals surface area contributed by atoms with Crippen molar-refractivity contribution in [3.05, 3.63) is 0 Å². The third-order valence-corrected chi connectivity index (χ3v) is 13.7. The molecule has 2 N–H and O–H groups in total. The maximum Gasteiger partial charge on any atom is 0.302 e. The Bertz CT molecular complexity index is 904. The summed E-state index contributed by atoms with van der Waals surface area (Å²) in [6, 6.07) is 0. The third kappa shape index (κ3) is 3.41. The number of hydrogen-bond donors (Lipinski definition) is 2. The molecule has 5 saturated carbocycles. The predicted molar refractivity (Wildman–Crippen MR) is 143 cm³/mol. The van der Waals surface area contributed by atoms with Crippen molar-refractivity contribution in [2.45, 2.75) is 138 Å². The van der Waals surface area contributed by atoms with Gasteiger partial charge < -0.3 is 14.9 Å². The SMILES string of the molecule is CC(=O)O[C@H]1C[C@]2(C)[C@H](CC[C@@H]3[C@@]4(C)CCCC(C)(C)[C@@H]4[C@@H](O)C[C@]32C)[C@@]2(C)CC[C@H](C(C)(C)O)[C@H]12. The minimum absolute atomic E-state index is 0.00674. The monoisotopic (exact) mass is 502 g/mol. The topological polar surface area (TPSA) is 66.8 Å². The zero-order chi connectivity index (χ0) is 26.7. The highest BCUT2D eigenvalue weighted by atomic mass is 16.5. The lowest BCUT2D eigenvalue weighted by atomic mass is 9.31. The quantitative estimate of drug-likeness (QED) is 0.409. The number of fused-ring (bicyclic) bond motifs is 7. The van der Waals surface area contributed by atoms with Gasteiger partial charge in [-0.1, -0.05) is 48.0 Å². The molecule has 5 aliphatic carbocycles. The van der Waals surface area contributed by atoms with Gasteiger partial charge in [-0.3, -0.25) is 4.79 Å². The van der Waals surface area contributed by atoms with Gasteiger partial charge in [0.15, 0.2) is 0 Å². The molecular weight excluding hydrogens is 448 g/mol. The molecule has 0 saturated heterocycles. The number of ether oxygens (including phenoxy) is 1. The van der Waals surface area contributed by atoms with Crippen LogP contribution < -0.4 is 0 Å². The highest BCUT2D eigenvalue weighted by Gasteiger charge is 2.74. The van der Waals surface area contributed by atoms with Gasteiger partial charge in [0.05, 0.1) is 11.7 Å². The molecule has 0 spiro atoms. The summed E-state index contributed by atoms with van der Waals surface area (Å²) in [4.78, 5) is 12.4. The molecule has 0 heterocycles. The van der Waals surface area contributed by atoms with E-state index in [0.717, 1.165) is 25.7 Å². The molecule has 5 aliphatic rings.